The zero-order valence-corrected chi connectivity index (χ0v) is 43.2. The maximum atomic E-state index is 13.7. The largest absolute Gasteiger partial charge is 0.458 e. The zero-order chi connectivity index (χ0) is 54.5. The number of pyridine rings is 2. The van der Waals surface area contributed by atoms with Crippen LogP contribution in [0.3, 0.4) is 0 Å². The van der Waals surface area contributed by atoms with Gasteiger partial charge in [0, 0.05) is 67.6 Å². The van der Waals surface area contributed by atoms with Gasteiger partial charge in [-0.15, -0.1) is 0 Å². The SMILES string of the molecule is CCc1c2c(nc3ccc(OC(=O)N(C)C4CN(C(=O)OCc5ccc(NC(=O)[C@H](CCCNC(N)=O)NC(=O)[C@@H](NC(=O)CCC(=O)C(C)C)C(C)C)cc5)C4)cc13)-c1cc3c(c(=O)n1C2)COC(=O)[C@]3(O)CC. The minimum atomic E-state index is -1.94. The van der Waals surface area contributed by atoms with Gasteiger partial charge in [-0.05, 0) is 79.1 Å². The van der Waals surface area contributed by atoms with Crippen LogP contribution < -0.4 is 37.3 Å². The first kappa shape index (κ1) is 54.9. The van der Waals surface area contributed by atoms with Crippen LogP contribution in [-0.4, -0.2) is 117 Å². The number of urea groups is 1. The molecule has 2 aromatic carbocycles. The zero-order valence-electron chi connectivity index (χ0n) is 43.2. The molecule has 22 nitrogen and oxygen atoms in total. The van der Waals surface area contributed by atoms with Gasteiger partial charge in [-0.25, -0.2) is 24.2 Å². The first-order chi connectivity index (χ1) is 35.6. The average Bonchev–Trinajstić information content (AvgIpc) is 3.74. The Morgan fingerprint density at radius 2 is 1.67 bits per heavy atom. The van der Waals surface area contributed by atoms with Crippen molar-refractivity contribution >= 4 is 64.3 Å². The fraction of sp³-hybridized carbons (Fsp3) is 0.472. The molecule has 2 aromatic heterocycles. The molecule has 0 saturated carbocycles. The van der Waals surface area contributed by atoms with Crippen LogP contribution in [0.4, 0.5) is 20.1 Å². The predicted octanol–water partition coefficient (Wildman–Crippen LogP) is 4.11. The van der Waals surface area contributed by atoms with Gasteiger partial charge < -0.3 is 60.7 Å². The van der Waals surface area contributed by atoms with Crippen molar-refractivity contribution in [2.75, 3.05) is 32.0 Å². The van der Waals surface area contributed by atoms with Gasteiger partial charge in [0.25, 0.3) is 5.56 Å². The van der Waals surface area contributed by atoms with E-state index in [0.29, 0.717) is 34.6 Å². The number of carbonyl (C=O) groups is 8. The summed E-state index contributed by atoms with van der Waals surface area (Å²) in [5.41, 5.74) is 7.73. The van der Waals surface area contributed by atoms with E-state index in [9.17, 15) is 48.3 Å². The summed E-state index contributed by atoms with van der Waals surface area (Å²) in [6.45, 7) is 11.0. The van der Waals surface area contributed by atoms with Crippen LogP contribution in [0.5, 0.6) is 5.75 Å². The maximum Gasteiger partial charge on any atom is 0.415 e. The molecule has 7 rings (SSSR count). The number of ether oxygens (including phenoxy) is 3. The summed E-state index contributed by atoms with van der Waals surface area (Å²) in [6.07, 6.45) is -0.274. The molecule has 5 heterocycles. The maximum absolute atomic E-state index is 13.7. The standard InChI is InChI=1S/C53H65N9O13/c1-8-34-35-21-33(16-17-39(35)57-45-36(34)25-62-41(45)22-38-37(48(62)67)27-73-49(68)53(38,72)9-2)75-51(70)60(7)32-23-61(24-32)52(71)74-26-30-12-14-31(15-13-30)56-46(65)40(11-10-20-55-50(54)69)58-47(66)44(29(5)6)59-43(64)19-18-42(63)28(3)4/h12-17,21-22,28-29,32,40,44,72H,8-11,18-20,23-27H2,1-7H3,(H,56,65)(H,58,66)(H,59,64)(H3,54,55,69)/t40-,44-,53-/m0/s1. The number of cyclic esters (lactones) is 1. The highest BCUT2D eigenvalue weighted by Crippen LogP contribution is 2.41. The van der Waals surface area contributed by atoms with Crippen molar-refractivity contribution in [2.45, 2.75) is 124 Å². The Labute approximate surface area is 433 Å². The summed E-state index contributed by atoms with van der Waals surface area (Å²) in [7, 11) is 1.58. The Balaban J connectivity index is 0.904. The lowest BCUT2D eigenvalue weighted by Crippen LogP contribution is -2.61. The van der Waals surface area contributed by atoms with E-state index >= 15 is 0 Å². The quantitative estimate of drug-likeness (QED) is 0.0473. The molecule has 7 amide bonds. The lowest BCUT2D eigenvalue weighted by Gasteiger charge is -2.42. The Bertz CT molecular complexity index is 2970. The number of nitrogens with zero attached hydrogens (tertiary/aromatic N) is 4. The normalized spacial score (nSPS) is 16.4. The van der Waals surface area contributed by atoms with Gasteiger partial charge in [-0.3, -0.25) is 24.0 Å². The number of ketones is 1. The van der Waals surface area contributed by atoms with Crippen molar-refractivity contribution in [3.05, 3.63) is 86.7 Å². The highest BCUT2D eigenvalue weighted by Gasteiger charge is 2.46. The molecule has 0 unspecified atom stereocenters. The number of rotatable bonds is 20. The number of carbonyl (C=O) groups excluding carboxylic acids is 8. The van der Waals surface area contributed by atoms with Gasteiger partial charge in [-0.2, -0.15) is 0 Å². The fourth-order valence-corrected chi connectivity index (χ4v) is 9.28. The van der Waals surface area contributed by atoms with Gasteiger partial charge >= 0.3 is 24.2 Å². The van der Waals surface area contributed by atoms with Crippen LogP contribution >= 0.6 is 0 Å². The average molecular weight is 1040 g/mol. The smallest absolute Gasteiger partial charge is 0.415 e. The van der Waals surface area contributed by atoms with Crippen molar-refractivity contribution in [1.29, 1.82) is 0 Å². The third-order valence-corrected chi connectivity index (χ3v) is 14.0. The molecule has 75 heavy (non-hydrogen) atoms. The number of aromatic nitrogens is 2. The number of amides is 7. The molecular formula is C53H65N9O13. The lowest BCUT2D eigenvalue weighted by molar-refractivity contribution is -0.172. The van der Waals surface area contributed by atoms with Gasteiger partial charge in [0.2, 0.25) is 17.7 Å². The summed E-state index contributed by atoms with van der Waals surface area (Å²) >= 11 is 0. The molecule has 3 atom stereocenters. The highest BCUT2D eigenvalue weighted by atomic mass is 16.6. The number of anilines is 1. The fourth-order valence-electron chi connectivity index (χ4n) is 9.28. The second kappa shape index (κ2) is 23.1. The monoisotopic (exact) mass is 1040 g/mol. The van der Waals surface area contributed by atoms with Crippen molar-refractivity contribution in [3.63, 3.8) is 0 Å². The third kappa shape index (κ3) is 12.1. The Morgan fingerprint density at radius 1 is 0.947 bits per heavy atom. The number of aryl methyl sites for hydroxylation is 1. The van der Waals surface area contributed by atoms with E-state index < -0.39 is 59.6 Å². The second-order valence-corrected chi connectivity index (χ2v) is 19.7. The summed E-state index contributed by atoms with van der Waals surface area (Å²) < 4.78 is 18.1. The Hall–Kier alpha value is -7.88. The van der Waals surface area contributed by atoms with Crippen LogP contribution in [0, 0.1) is 11.8 Å². The number of fused-ring (bicyclic) bond motifs is 5. The molecule has 0 aliphatic carbocycles. The number of aliphatic hydroxyl groups is 1. The summed E-state index contributed by atoms with van der Waals surface area (Å²) in [5, 5.41) is 22.6. The van der Waals surface area contributed by atoms with E-state index in [1.54, 1.807) is 94.8 Å². The number of likely N-dealkylation sites (N-methyl/N-ethyl adjacent to an activating group) is 1. The Kier molecular flexibility index (Phi) is 16.9. The summed E-state index contributed by atoms with van der Waals surface area (Å²) in [6, 6.07) is 10.1. The van der Waals surface area contributed by atoms with Crippen LogP contribution in [0.1, 0.15) is 101 Å². The third-order valence-electron chi connectivity index (χ3n) is 14.0. The summed E-state index contributed by atoms with van der Waals surface area (Å²) in [5.74, 6) is -2.80. The molecule has 4 aromatic rings. The Morgan fingerprint density at radius 3 is 2.32 bits per heavy atom. The van der Waals surface area contributed by atoms with Crippen LogP contribution in [0.2, 0.25) is 0 Å². The number of hydrogen-bond donors (Lipinski definition) is 6. The molecule has 0 radical (unpaired) electrons. The number of nitrogens with two attached hydrogens (primary N) is 1. The first-order valence-corrected chi connectivity index (χ1v) is 25.2. The van der Waals surface area contributed by atoms with Crippen LogP contribution in [-0.2, 0) is 65.2 Å². The van der Waals surface area contributed by atoms with Crippen molar-refractivity contribution in [3.8, 4) is 17.1 Å². The number of likely N-dealkylation sites (tertiary alicyclic amines) is 1. The van der Waals surface area contributed by atoms with Crippen molar-refractivity contribution in [1.82, 2.24) is 35.3 Å². The number of primary amides is 1. The van der Waals surface area contributed by atoms with E-state index in [0.717, 1.165) is 16.5 Å². The van der Waals surface area contributed by atoms with Crippen LogP contribution in [0.25, 0.3) is 22.3 Å². The van der Waals surface area contributed by atoms with E-state index in [-0.39, 0.29) is 118 Å². The summed E-state index contributed by atoms with van der Waals surface area (Å²) in [4.78, 5) is 124. The van der Waals surface area contributed by atoms with Crippen LogP contribution in [0.15, 0.2) is 53.3 Å². The van der Waals surface area contributed by atoms with Crippen molar-refractivity contribution in [2.24, 2.45) is 17.6 Å². The minimum absolute atomic E-state index is 0.0298. The molecule has 22 heteroatoms. The molecule has 0 bridgehead atoms. The predicted molar refractivity (Wildman–Crippen MR) is 273 cm³/mol. The molecule has 400 valence electrons. The minimum Gasteiger partial charge on any atom is -0.458 e. The molecule has 7 N–H and O–H groups in total. The highest BCUT2D eigenvalue weighted by molar-refractivity contribution is 5.99. The second-order valence-electron chi connectivity index (χ2n) is 19.7. The molecule has 3 aliphatic heterocycles. The lowest BCUT2D eigenvalue weighted by atomic mass is 9.86. The molecule has 1 fully saturated rings. The van der Waals surface area contributed by atoms with Gasteiger partial charge in [0.15, 0.2) is 5.60 Å². The topological polar surface area (TPSA) is 300 Å². The number of hydrogen-bond acceptors (Lipinski definition) is 14. The van der Waals surface area contributed by atoms with Gasteiger partial charge in [-0.1, -0.05) is 53.7 Å². The van der Waals surface area contributed by atoms with E-state index in [2.05, 4.69) is 21.3 Å². The van der Waals surface area contributed by atoms with Crippen molar-refractivity contribution < 1.29 is 57.7 Å². The number of benzene rings is 2. The molecule has 0 spiro atoms. The van der Waals surface area contributed by atoms with E-state index in [1.807, 2.05) is 6.92 Å². The molecular weight excluding hydrogens is 971 g/mol. The molecule has 1 saturated heterocycles. The number of Topliss-reactive ketones (excluding diaryl/α,β-unsaturated/α-hetero) is 1. The van der Waals surface area contributed by atoms with Gasteiger partial charge in [0.1, 0.15) is 36.8 Å². The van der Waals surface area contributed by atoms with Gasteiger partial charge in [0.05, 0.1) is 35.1 Å². The first-order valence-electron chi connectivity index (χ1n) is 25.2. The van der Waals surface area contributed by atoms with E-state index in [1.165, 1.54) is 9.80 Å². The van der Waals surface area contributed by atoms with E-state index in [4.69, 9.17) is 24.9 Å². The number of nitrogens with one attached hydrogen (secondary N) is 4. The molecule has 3 aliphatic rings. The number of esters is 1.